The van der Waals surface area contributed by atoms with Gasteiger partial charge in [0, 0.05) is 17.1 Å². The fourth-order valence-corrected chi connectivity index (χ4v) is 3.33. The SMILES string of the molecule is CC(Sc1ncnc2c1cnn2C)C(=O)c1ccc(Br)cc1. The van der Waals surface area contributed by atoms with Crippen LogP contribution < -0.4 is 0 Å². The molecule has 0 aliphatic heterocycles. The number of thioether (sulfide) groups is 1. The molecule has 0 fully saturated rings. The highest BCUT2D eigenvalue weighted by molar-refractivity contribution is 9.10. The summed E-state index contributed by atoms with van der Waals surface area (Å²) in [6.45, 7) is 1.89. The van der Waals surface area contributed by atoms with Crippen LogP contribution in [0.3, 0.4) is 0 Å². The van der Waals surface area contributed by atoms with Gasteiger partial charge in [-0.3, -0.25) is 9.48 Å². The van der Waals surface area contributed by atoms with E-state index in [9.17, 15) is 4.79 Å². The average molecular weight is 377 g/mol. The van der Waals surface area contributed by atoms with Crippen LogP contribution in [0.25, 0.3) is 11.0 Å². The van der Waals surface area contributed by atoms with Crippen molar-refractivity contribution in [2.45, 2.75) is 17.2 Å². The van der Waals surface area contributed by atoms with E-state index in [4.69, 9.17) is 0 Å². The zero-order valence-electron chi connectivity index (χ0n) is 12.0. The number of rotatable bonds is 4. The first kappa shape index (κ1) is 15.2. The first-order chi connectivity index (χ1) is 10.6. The van der Waals surface area contributed by atoms with Crippen LogP contribution in [0.15, 0.2) is 46.3 Å². The summed E-state index contributed by atoms with van der Waals surface area (Å²) in [6.07, 6.45) is 3.23. The number of carbonyl (C=O) groups excluding carboxylic acids is 1. The number of hydrogen-bond acceptors (Lipinski definition) is 5. The van der Waals surface area contributed by atoms with Crippen molar-refractivity contribution in [2.75, 3.05) is 0 Å². The van der Waals surface area contributed by atoms with Gasteiger partial charge >= 0.3 is 0 Å². The molecule has 1 aromatic carbocycles. The smallest absolute Gasteiger partial charge is 0.175 e. The molecule has 2 aromatic heterocycles. The van der Waals surface area contributed by atoms with Crippen LogP contribution in [0.4, 0.5) is 0 Å². The molecule has 2 heterocycles. The normalized spacial score (nSPS) is 12.5. The summed E-state index contributed by atoms with van der Waals surface area (Å²) in [5.41, 5.74) is 1.46. The van der Waals surface area contributed by atoms with Crippen molar-refractivity contribution in [3.63, 3.8) is 0 Å². The van der Waals surface area contributed by atoms with Crippen molar-refractivity contribution in [1.82, 2.24) is 19.7 Å². The maximum absolute atomic E-state index is 12.5. The first-order valence-corrected chi connectivity index (χ1v) is 8.32. The summed E-state index contributed by atoms with van der Waals surface area (Å²) < 4.78 is 2.65. The molecule has 0 radical (unpaired) electrons. The van der Waals surface area contributed by atoms with Crippen LogP contribution in [0.1, 0.15) is 17.3 Å². The predicted molar refractivity (Wildman–Crippen MR) is 90.1 cm³/mol. The molecule has 0 N–H and O–H groups in total. The first-order valence-electron chi connectivity index (χ1n) is 6.65. The molecule has 7 heteroatoms. The van der Waals surface area contributed by atoms with Gasteiger partial charge in [-0.15, -0.1) is 0 Å². The second-order valence-electron chi connectivity index (χ2n) is 4.82. The third-order valence-electron chi connectivity index (χ3n) is 3.28. The van der Waals surface area contributed by atoms with Crippen molar-refractivity contribution in [3.05, 3.63) is 46.8 Å². The van der Waals surface area contributed by atoms with Crippen molar-refractivity contribution in [3.8, 4) is 0 Å². The molecule has 0 saturated carbocycles. The minimum atomic E-state index is -0.237. The molecular weight excluding hydrogens is 364 g/mol. The molecule has 112 valence electrons. The number of halogens is 1. The highest BCUT2D eigenvalue weighted by Gasteiger charge is 2.19. The molecule has 1 unspecified atom stereocenters. The minimum absolute atomic E-state index is 0.0770. The molecule has 0 saturated heterocycles. The lowest BCUT2D eigenvalue weighted by Gasteiger charge is -2.10. The second-order valence-corrected chi connectivity index (χ2v) is 7.06. The Morgan fingerprint density at radius 1 is 1.27 bits per heavy atom. The summed E-state index contributed by atoms with van der Waals surface area (Å²) in [5, 5.41) is 5.59. The maximum atomic E-state index is 12.5. The van der Waals surface area contributed by atoms with Gasteiger partial charge in [-0.1, -0.05) is 39.8 Å². The molecule has 0 aliphatic rings. The fraction of sp³-hybridized carbons (Fsp3) is 0.200. The van der Waals surface area contributed by atoms with E-state index in [1.807, 2.05) is 38.2 Å². The van der Waals surface area contributed by atoms with E-state index in [-0.39, 0.29) is 11.0 Å². The Hall–Kier alpha value is -1.73. The quantitative estimate of drug-likeness (QED) is 0.396. The Morgan fingerprint density at radius 2 is 2.00 bits per heavy atom. The molecule has 0 spiro atoms. The summed E-state index contributed by atoms with van der Waals surface area (Å²) in [6, 6.07) is 7.38. The third kappa shape index (κ3) is 2.91. The van der Waals surface area contributed by atoms with Gasteiger partial charge in [0.05, 0.1) is 16.8 Å². The maximum Gasteiger partial charge on any atom is 0.175 e. The molecular formula is C15H13BrN4OS. The minimum Gasteiger partial charge on any atom is -0.293 e. The highest BCUT2D eigenvalue weighted by atomic mass is 79.9. The highest BCUT2D eigenvalue weighted by Crippen LogP contribution is 2.29. The number of ketones is 1. The molecule has 0 amide bonds. The van der Waals surface area contributed by atoms with Crippen LogP contribution in [0.5, 0.6) is 0 Å². The lowest BCUT2D eigenvalue weighted by Crippen LogP contribution is -2.13. The molecule has 1 atom stereocenters. The van der Waals surface area contributed by atoms with E-state index in [0.717, 1.165) is 20.5 Å². The van der Waals surface area contributed by atoms with E-state index < -0.39 is 0 Å². The van der Waals surface area contributed by atoms with Crippen LogP contribution in [-0.4, -0.2) is 30.8 Å². The topological polar surface area (TPSA) is 60.7 Å². The van der Waals surface area contributed by atoms with Gasteiger partial charge in [-0.2, -0.15) is 5.10 Å². The largest absolute Gasteiger partial charge is 0.293 e. The number of benzene rings is 1. The lowest BCUT2D eigenvalue weighted by molar-refractivity contribution is 0.0994. The standard InChI is InChI=1S/C15H13BrN4OS/c1-9(13(21)10-3-5-11(16)6-4-10)22-15-12-7-19-20(2)14(12)17-8-18-15/h3-9H,1-2H3. The number of Topliss-reactive ketones (excluding diaryl/α,β-unsaturated/α-hetero) is 1. The summed E-state index contributed by atoms with van der Waals surface area (Å²) in [7, 11) is 1.83. The number of aryl methyl sites for hydroxylation is 1. The van der Waals surface area contributed by atoms with Crippen LogP contribution >= 0.6 is 27.7 Å². The Labute approximate surface area is 140 Å². The van der Waals surface area contributed by atoms with Gasteiger partial charge in [0.15, 0.2) is 11.4 Å². The van der Waals surface area contributed by atoms with Crippen LogP contribution in [-0.2, 0) is 7.05 Å². The Balaban J connectivity index is 1.85. The molecule has 0 aliphatic carbocycles. The average Bonchev–Trinajstić information content (AvgIpc) is 2.90. The van der Waals surface area contributed by atoms with Gasteiger partial charge < -0.3 is 0 Å². The summed E-state index contributed by atoms with van der Waals surface area (Å²) >= 11 is 4.80. The van der Waals surface area contributed by atoms with Gasteiger partial charge in [0.2, 0.25) is 0 Å². The van der Waals surface area contributed by atoms with E-state index in [1.54, 1.807) is 10.9 Å². The zero-order valence-corrected chi connectivity index (χ0v) is 14.4. The molecule has 3 rings (SSSR count). The van der Waals surface area contributed by atoms with Gasteiger partial charge in [-0.05, 0) is 19.1 Å². The summed E-state index contributed by atoms with van der Waals surface area (Å²) in [5.74, 6) is 0.0770. The number of nitrogens with zero attached hydrogens (tertiary/aromatic N) is 4. The Bertz CT molecular complexity index is 831. The molecule has 0 bridgehead atoms. The van der Waals surface area contributed by atoms with E-state index in [2.05, 4.69) is 31.0 Å². The number of fused-ring (bicyclic) bond motifs is 1. The molecule has 5 nitrogen and oxygen atoms in total. The lowest BCUT2D eigenvalue weighted by atomic mass is 10.1. The number of carbonyl (C=O) groups is 1. The monoisotopic (exact) mass is 376 g/mol. The van der Waals surface area contributed by atoms with Crippen LogP contribution in [0, 0.1) is 0 Å². The van der Waals surface area contributed by atoms with Gasteiger partial charge in [-0.25, -0.2) is 9.97 Å². The predicted octanol–water partition coefficient (Wildman–Crippen LogP) is 3.49. The third-order valence-corrected chi connectivity index (χ3v) is 4.92. The second kappa shape index (κ2) is 6.18. The van der Waals surface area contributed by atoms with Crippen molar-refractivity contribution in [1.29, 1.82) is 0 Å². The fourth-order valence-electron chi connectivity index (χ4n) is 2.10. The van der Waals surface area contributed by atoms with Crippen LogP contribution in [0.2, 0.25) is 0 Å². The number of hydrogen-bond donors (Lipinski definition) is 0. The van der Waals surface area contributed by atoms with Crippen molar-refractivity contribution < 1.29 is 4.79 Å². The zero-order chi connectivity index (χ0) is 15.7. The van der Waals surface area contributed by atoms with Gasteiger partial charge in [0.1, 0.15) is 11.4 Å². The molecule has 3 aromatic rings. The van der Waals surface area contributed by atoms with E-state index in [1.165, 1.54) is 18.1 Å². The van der Waals surface area contributed by atoms with E-state index in [0.29, 0.717) is 5.56 Å². The summed E-state index contributed by atoms with van der Waals surface area (Å²) in [4.78, 5) is 21.0. The van der Waals surface area contributed by atoms with Crippen molar-refractivity contribution >= 4 is 44.5 Å². The van der Waals surface area contributed by atoms with Gasteiger partial charge in [0.25, 0.3) is 0 Å². The van der Waals surface area contributed by atoms with E-state index >= 15 is 0 Å². The number of aromatic nitrogens is 4. The Morgan fingerprint density at radius 3 is 2.73 bits per heavy atom. The Kier molecular flexibility index (Phi) is 4.26. The van der Waals surface area contributed by atoms with Crippen molar-refractivity contribution in [2.24, 2.45) is 7.05 Å². The molecule has 22 heavy (non-hydrogen) atoms.